The lowest BCUT2D eigenvalue weighted by Crippen LogP contribution is -2.38. The minimum Gasteiger partial charge on any atom is -0.495 e. The van der Waals surface area contributed by atoms with Gasteiger partial charge in [-0.15, -0.1) is 0 Å². The molecule has 45 heavy (non-hydrogen) atoms. The second-order valence-electron chi connectivity index (χ2n) is 10.3. The highest BCUT2D eigenvalue weighted by atomic mass is 32.2. The number of carbonyl (C=O) groups excluding carboxylic acids is 2. The van der Waals surface area contributed by atoms with E-state index in [1.807, 2.05) is 4.90 Å². The summed E-state index contributed by atoms with van der Waals surface area (Å²) in [4.78, 5) is 38.7. The second kappa shape index (κ2) is 13.0. The number of amides is 2. The Morgan fingerprint density at radius 3 is 2.44 bits per heavy atom. The van der Waals surface area contributed by atoms with Crippen molar-refractivity contribution >= 4 is 34.9 Å². The zero-order valence-corrected chi connectivity index (χ0v) is 24.4. The first-order valence-corrected chi connectivity index (χ1v) is 14.5. The molecule has 2 fully saturated rings. The van der Waals surface area contributed by atoms with Crippen LogP contribution in [0.5, 0.6) is 5.75 Å². The van der Waals surface area contributed by atoms with Gasteiger partial charge in [0.1, 0.15) is 5.75 Å². The molecule has 0 atom stereocenters. The van der Waals surface area contributed by atoms with Crippen molar-refractivity contribution in [1.29, 1.82) is 0 Å². The molecular formula is C29H26F6N6O3S. The van der Waals surface area contributed by atoms with E-state index in [1.165, 1.54) is 25.3 Å². The highest BCUT2D eigenvalue weighted by Gasteiger charge is 2.38. The van der Waals surface area contributed by atoms with E-state index in [9.17, 15) is 35.9 Å². The number of methoxy groups -OCH3 is 1. The smallest absolute Gasteiger partial charge is 0.417 e. The number of benzene rings is 1. The molecule has 1 aromatic carbocycles. The molecule has 0 radical (unpaired) electrons. The van der Waals surface area contributed by atoms with Crippen molar-refractivity contribution in [2.45, 2.75) is 31.7 Å². The number of imide groups is 1. The van der Waals surface area contributed by atoms with E-state index < -0.39 is 40.2 Å². The molecule has 2 aliphatic rings. The molecular weight excluding hydrogens is 626 g/mol. The zero-order chi connectivity index (χ0) is 32.4. The van der Waals surface area contributed by atoms with Gasteiger partial charge < -0.3 is 15.0 Å². The Balaban J connectivity index is 1.21. The van der Waals surface area contributed by atoms with Gasteiger partial charge in [0.15, 0.2) is 0 Å². The number of alkyl halides is 6. The fourth-order valence-electron chi connectivity index (χ4n) is 5.01. The van der Waals surface area contributed by atoms with Gasteiger partial charge in [-0.05, 0) is 73.5 Å². The molecule has 2 aliphatic heterocycles. The number of piperidine rings is 1. The highest BCUT2D eigenvalue weighted by molar-refractivity contribution is 8.18. The topological polar surface area (TPSA) is 109 Å². The molecule has 2 N–H and O–H groups in total. The Morgan fingerprint density at radius 1 is 1.04 bits per heavy atom. The summed E-state index contributed by atoms with van der Waals surface area (Å²) < 4.78 is 85.9. The minimum absolute atomic E-state index is 0.0965. The van der Waals surface area contributed by atoms with Crippen molar-refractivity contribution in [3.8, 4) is 17.0 Å². The molecule has 2 amide bonds. The van der Waals surface area contributed by atoms with E-state index in [1.54, 1.807) is 12.3 Å². The molecule has 3 aromatic rings. The molecule has 5 rings (SSSR count). The van der Waals surface area contributed by atoms with Gasteiger partial charge in [0.2, 0.25) is 5.95 Å². The maximum absolute atomic E-state index is 13.7. The normalized spacial score (nSPS) is 17.2. The largest absolute Gasteiger partial charge is 0.495 e. The summed E-state index contributed by atoms with van der Waals surface area (Å²) in [7, 11) is 1.39. The first-order chi connectivity index (χ1) is 21.3. The van der Waals surface area contributed by atoms with Crippen LogP contribution in [-0.4, -0.2) is 52.8 Å². The Labute approximate surface area is 257 Å². The third-order valence-electron chi connectivity index (χ3n) is 7.29. The van der Waals surface area contributed by atoms with Gasteiger partial charge in [0, 0.05) is 31.4 Å². The molecule has 0 spiro atoms. The van der Waals surface area contributed by atoms with E-state index >= 15 is 0 Å². The number of pyridine rings is 1. The summed E-state index contributed by atoms with van der Waals surface area (Å²) in [6.45, 7) is 2.05. The highest BCUT2D eigenvalue weighted by Crippen LogP contribution is 2.41. The molecule has 0 bridgehead atoms. The first kappa shape index (κ1) is 32.2. The van der Waals surface area contributed by atoms with Gasteiger partial charge in [0.05, 0.1) is 40.2 Å². The van der Waals surface area contributed by atoms with Gasteiger partial charge in [-0.2, -0.15) is 26.3 Å². The summed E-state index contributed by atoms with van der Waals surface area (Å²) in [6, 6.07) is 5.85. The molecule has 238 valence electrons. The Hall–Kier alpha value is -4.18. The van der Waals surface area contributed by atoms with Crippen LogP contribution in [0, 0.1) is 5.92 Å². The fraction of sp³-hybridized carbons (Fsp3) is 0.345. The molecule has 2 saturated heterocycles. The number of thioether (sulfide) groups is 1. The van der Waals surface area contributed by atoms with Crippen LogP contribution in [0.2, 0.25) is 0 Å². The lowest BCUT2D eigenvalue weighted by atomic mass is 9.97. The SMILES string of the molecule is COc1ccc(-c2ccc(C(F)(F)F)cc2C(F)(F)F)nc1CNCC1CCN(c2nccc(C=C3SC(=O)NC3=O)n2)CC1. The van der Waals surface area contributed by atoms with Crippen molar-refractivity contribution in [2.75, 3.05) is 31.6 Å². The standard InChI is InChI=1S/C29H26F6N6O3S/c1-44-23-5-4-21(19-3-2-17(28(30,31)32)12-20(19)29(33,34)35)39-22(23)15-36-14-16-7-10-41(11-8-16)26-37-9-6-18(38-26)13-24-25(42)40-27(43)45-24/h2-6,9,12-13,16,36H,7-8,10-11,14-15H2,1H3,(H,40,42,43). The van der Waals surface area contributed by atoms with Gasteiger partial charge in [0.25, 0.3) is 11.1 Å². The Kier molecular flexibility index (Phi) is 9.34. The number of hydrogen-bond acceptors (Lipinski definition) is 9. The summed E-state index contributed by atoms with van der Waals surface area (Å²) in [5.74, 6) is 0.616. The van der Waals surface area contributed by atoms with Crippen LogP contribution in [0.1, 0.15) is 35.4 Å². The maximum atomic E-state index is 13.7. The average molecular weight is 653 g/mol. The van der Waals surface area contributed by atoms with Crippen LogP contribution in [0.25, 0.3) is 17.3 Å². The number of halogens is 6. The quantitative estimate of drug-likeness (QED) is 0.227. The van der Waals surface area contributed by atoms with Crippen LogP contribution in [0.15, 0.2) is 47.5 Å². The van der Waals surface area contributed by atoms with E-state index in [2.05, 4.69) is 25.6 Å². The summed E-state index contributed by atoms with van der Waals surface area (Å²) >= 11 is 0.806. The summed E-state index contributed by atoms with van der Waals surface area (Å²) in [6.07, 6.45) is -5.26. The first-order valence-electron chi connectivity index (χ1n) is 13.7. The number of ether oxygens (including phenoxy) is 1. The van der Waals surface area contributed by atoms with Crippen molar-refractivity contribution in [2.24, 2.45) is 5.92 Å². The van der Waals surface area contributed by atoms with Crippen LogP contribution < -0.4 is 20.3 Å². The number of carbonyl (C=O) groups is 2. The van der Waals surface area contributed by atoms with Gasteiger partial charge in [-0.25, -0.2) is 15.0 Å². The van der Waals surface area contributed by atoms with Crippen molar-refractivity contribution < 1.29 is 40.7 Å². The van der Waals surface area contributed by atoms with Crippen LogP contribution >= 0.6 is 11.8 Å². The molecule has 9 nitrogen and oxygen atoms in total. The number of aromatic nitrogens is 3. The fourth-order valence-corrected chi connectivity index (χ4v) is 5.68. The number of anilines is 1. The number of nitrogens with one attached hydrogen (secondary N) is 2. The van der Waals surface area contributed by atoms with Crippen LogP contribution in [0.3, 0.4) is 0 Å². The molecule has 16 heteroatoms. The lowest BCUT2D eigenvalue weighted by molar-refractivity contribution is -0.142. The lowest BCUT2D eigenvalue weighted by Gasteiger charge is -2.32. The molecule has 0 saturated carbocycles. The molecule has 0 unspecified atom stereocenters. The van der Waals surface area contributed by atoms with Gasteiger partial charge in [-0.3, -0.25) is 14.9 Å². The Morgan fingerprint density at radius 2 is 1.80 bits per heavy atom. The summed E-state index contributed by atoms with van der Waals surface area (Å²) in [5.41, 5.74) is -2.60. The minimum atomic E-state index is -5.03. The van der Waals surface area contributed by atoms with Crippen molar-refractivity contribution in [3.63, 3.8) is 0 Å². The Bertz CT molecular complexity index is 1620. The average Bonchev–Trinajstić information content (AvgIpc) is 3.32. The van der Waals surface area contributed by atoms with E-state index in [4.69, 9.17) is 4.74 Å². The second-order valence-corrected chi connectivity index (χ2v) is 11.3. The van der Waals surface area contributed by atoms with Gasteiger partial charge >= 0.3 is 12.4 Å². The van der Waals surface area contributed by atoms with Crippen LogP contribution in [-0.2, 0) is 23.7 Å². The van der Waals surface area contributed by atoms with E-state index in [0.29, 0.717) is 48.8 Å². The van der Waals surface area contributed by atoms with Crippen molar-refractivity contribution in [1.82, 2.24) is 25.6 Å². The third kappa shape index (κ3) is 7.73. The molecule has 4 heterocycles. The number of nitrogens with zero attached hydrogens (tertiary/aromatic N) is 4. The number of hydrogen-bond donors (Lipinski definition) is 2. The van der Waals surface area contributed by atoms with Gasteiger partial charge in [-0.1, -0.05) is 6.07 Å². The monoisotopic (exact) mass is 652 g/mol. The van der Waals surface area contributed by atoms with E-state index in [0.717, 1.165) is 30.7 Å². The zero-order valence-electron chi connectivity index (χ0n) is 23.6. The predicted molar refractivity (Wildman–Crippen MR) is 154 cm³/mol. The number of rotatable bonds is 8. The van der Waals surface area contributed by atoms with Crippen molar-refractivity contribution in [3.05, 3.63) is 70.0 Å². The predicted octanol–water partition coefficient (Wildman–Crippen LogP) is 5.91. The van der Waals surface area contributed by atoms with E-state index in [-0.39, 0.29) is 29.1 Å². The third-order valence-corrected chi connectivity index (χ3v) is 8.10. The molecule has 2 aromatic heterocycles. The van der Waals surface area contributed by atoms with Crippen LogP contribution in [0.4, 0.5) is 37.1 Å². The maximum Gasteiger partial charge on any atom is 0.417 e. The molecule has 0 aliphatic carbocycles. The summed E-state index contributed by atoms with van der Waals surface area (Å²) in [5, 5.41) is 5.03.